The number of pyridine rings is 1. The largest absolute Gasteiger partial charge is 0.310 e. The van der Waals surface area contributed by atoms with Crippen molar-refractivity contribution in [3.8, 4) is 0 Å². The first-order chi connectivity index (χ1) is 12.2. The Kier molecular flexibility index (Phi) is 4.46. The molecule has 7 heteroatoms. The lowest BCUT2D eigenvalue weighted by Crippen LogP contribution is -2.16. The van der Waals surface area contributed by atoms with Gasteiger partial charge in [-0.2, -0.15) is 5.10 Å². The first-order valence-corrected chi connectivity index (χ1v) is 9.25. The molecule has 3 aromatic rings. The molecule has 0 bridgehead atoms. The number of hydrogen-bond acceptors (Lipinski definition) is 4. The Morgan fingerprint density at radius 2 is 2.08 bits per heavy atom. The number of nitrogens with one attached hydrogen (secondary N) is 1. The number of carbonyl (C=O) groups excluding carboxylic acids is 1. The number of hydrogen-bond donors (Lipinski definition) is 1. The SMILES string of the molecule is O=C1CS[C@H](c2cccnc2)c2cnn(Cc3ccc(Cl)cc3)c2N1. The van der Waals surface area contributed by atoms with Crippen LogP contribution in [0.5, 0.6) is 0 Å². The molecule has 0 aliphatic carbocycles. The Hall–Kier alpha value is -2.31. The van der Waals surface area contributed by atoms with Crippen LogP contribution in [-0.4, -0.2) is 26.4 Å². The highest BCUT2D eigenvalue weighted by molar-refractivity contribution is 8.00. The minimum absolute atomic E-state index is 0.0181. The molecule has 3 heterocycles. The van der Waals surface area contributed by atoms with Crippen molar-refractivity contribution < 1.29 is 4.79 Å². The number of carbonyl (C=O) groups is 1. The van der Waals surface area contributed by atoms with E-state index in [1.807, 2.05) is 53.5 Å². The zero-order valence-corrected chi connectivity index (χ0v) is 14.8. The molecule has 5 nitrogen and oxygen atoms in total. The number of fused-ring (bicyclic) bond motifs is 1. The van der Waals surface area contributed by atoms with E-state index in [0.717, 1.165) is 22.5 Å². The predicted octanol–water partition coefficient (Wildman–Crippen LogP) is 3.75. The Morgan fingerprint density at radius 1 is 1.24 bits per heavy atom. The van der Waals surface area contributed by atoms with E-state index < -0.39 is 0 Å². The van der Waals surface area contributed by atoms with Crippen LogP contribution in [0.15, 0.2) is 55.0 Å². The zero-order valence-electron chi connectivity index (χ0n) is 13.2. The van der Waals surface area contributed by atoms with Gasteiger partial charge in [0.1, 0.15) is 5.82 Å². The highest BCUT2D eigenvalue weighted by Crippen LogP contribution is 2.41. The molecule has 1 aromatic carbocycles. The maximum Gasteiger partial charge on any atom is 0.235 e. The second kappa shape index (κ2) is 6.90. The van der Waals surface area contributed by atoms with Gasteiger partial charge in [0.05, 0.1) is 23.7 Å². The summed E-state index contributed by atoms with van der Waals surface area (Å²) >= 11 is 7.54. The number of amides is 1. The standard InChI is InChI=1S/C18H15ClN4OS/c19-14-5-3-12(4-6-14)10-23-18-15(9-21-23)17(25-11-16(24)22-18)13-2-1-7-20-8-13/h1-9,17H,10-11H2,(H,22,24)/t17-/m1/s1. The third kappa shape index (κ3) is 3.41. The van der Waals surface area contributed by atoms with Gasteiger partial charge < -0.3 is 5.32 Å². The highest BCUT2D eigenvalue weighted by atomic mass is 35.5. The normalized spacial score (nSPS) is 16.8. The molecular formula is C18H15ClN4OS. The van der Waals surface area contributed by atoms with Crippen LogP contribution in [-0.2, 0) is 11.3 Å². The van der Waals surface area contributed by atoms with Crippen molar-refractivity contribution in [2.24, 2.45) is 0 Å². The van der Waals surface area contributed by atoms with Crippen LogP contribution in [0.2, 0.25) is 5.02 Å². The number of anilines is 1. The predicted molar refractivity (Wildman–Crippen MR) is 99.9 cm³/mol. The van der Waals surface area contributed by atoms with Gasteiger partial charge in [-0.05, 0) is 29.3 Å². The fraction of sp³-hybridized carbons (Fsp3) is 0.167. The molecular weight excluding hydrogens is 356 g/mol. The van der Waals surface area contributed by atoms with Crippen molar-refractivity contribution in [1.29, 1.82) is 0 Å². The van der Waals surface area contributed by atoms with Gasteiger partial charge in [-0.15, -0.1) is 11.8 Å². The molecule has 1 atom stereocenters. The molecule has 0 unspecified atom stereocenters. The third-order valence-electron chi connectivity index (χ3n) is 4.02. The molecule has 0 fully saturated rings. The van der Waals surface area contributed by atoms with Gasteiger partial charge in [0.15, 0.2) is 0 Å². The van der Waals surface area contributed by atoms with Crippen LogP contribution in [0.25, 0.3) is 0 Å². The van der Waals surface area contributed by atoms with Crippen molar-refractivity contribution in [1.82, 2.24) is 14.8 Å². The maximum absolute atomic E-state index is 12.2. The summed E-state index contributed by atoms with van der Waals surface area (Å²) in [7, 11) is 0. The molecule has 0 saturated carbocycles. The first-order valence-electron chi connectivity index (χ1n) is 7.82. The second-order valence-electron chi connectivity index (χ2n) is 5.76. The summed E-state index contributed by atoms with van der Waals surface area (Å²) in [6.45, 7) is 0.567. The monoisotopic (exact) mass is 370 g/mol. The van der Waals surface area contributed by atoms with Gasteiger partial charge in [-0.3, -0.25) is 9.78 Å². The van der Waals surface area contributed by atoms with E-state index in [-0.39, 0.29) is 11.2 Å². The molecule has 0 radical (unpaired) electrons. The molecule has 1 N–H and O–H groups in total. The van der Waals surface area contributed by atoms with Crippen molar-refractivity contribution >= 4 is 35.1 Å². The smallest absolute Gasteiger partial charge is 0.235 e. The summed E-state index contributed by atoms with van der Waals surface area (Å²) in [6.07, 6.45) is 5.43. The Morgan fingerprint density at radius 3 is 2.84 bits per heavy atom. The van der Waals surface area contributed by atoms with E-state index in [9.17, 15) is 4.79 Å². The first kappa shape index (κ1) is 16.2. The van der Waals surface area contributed by atoms with Crippen LogP contribution in [0.1, 0.15) is 21.9 Å². The number of benzene rings is 1. The number of nitrogens with zero attached hydrogens (tertiary/aromatic N) is 3. The second-order valence-corrected chi connectivity index (χ2v) is 7.29. The number of rotatable bonds is 3. The molecule has 2 aromatic heterocycles. The maximum atomic E-state index is 12.2. The third-order valence-corrected chi connectivity index (χ3v) is 5.56. The zero-order chi connectivity index (χ0) is 17.2. The van der Waals surface area contributed by atoms with Crippen LogP contribution in [0.3, 0.4) is 0 Å². The summed E-state index contributed by atoms with van der Waals surface area (Å²) in [6, 6.07) is 11.6. The molecule has 1 amide bonds. The summed E-state index contributed by atoms with van der Waals surface area (Å²) in [5.41, 5.74) is 3.13. The fourth-order valence-corrected chi connectivity index (χ4v) is 4.03. The Bertz CT molecular complexity index is 895. The summed E-state index contributed by atoms with van der Waals surface area (Å²) < 4.78 is 1.83. The van der Waals surface area contributed by atoms with Crippen molar-refractivity contribution in [3.05, 3.63) is 76.7 Å². The van der Waals surface area contributed by atoms with E-state index in [2.05, 4.69) is 15.4 Å². The minimum atomic E-state index is -0.0181. The summed E-state index contributed by atoms with van der Waals surface area (Å²) in [5.74, 6) is 1.13. The van der Waals surface area contributed by atoms with E-state index in [1.165, 1.54) is 0 Å². The van der Waals surface area contributed by atoms with E-state index in [1.54, 1.807) is 18.0 Å². The molecule has 126 valence electrons. The van der Waals surface area contributed by atoms with Gasteiger partial charge in [-0.25, -0.2) is 4.68 Å². The highest BCUT2D eigenvalue weighted by Gasteiger charge is 2.27. The summed E-state index contributed by atoms with van der Waals surface area (Å²) in [4.78, 5) is 16.4. The summed E-state index contributed by atoms with van der Waals surface area (Å²) in [5, 5.41) is 8.23. The molecule has 1 aliphatic heterocycles. The van der Waals surface area contributed by atoms with Crippen LogP contribution < -0.4 is 5.32 Å². The van der Waals surface area contributed by atoms with Crippen LogP contribution in [0.4, 0.5) is 5.82 Å². The van der Waals surface area contributed by atoms with Gasteiger partial charge in [-0.1, -0.05) is 29.8 Å². The van der Waals surface area contributed by atoms with Gasteiger partial charge in [0, 0.05) is 23.0 Å². The molecule has 0 saturated heterocycles. The van der Waals surface area contributed by atoms with Crippen LogP contribution >= 0.6 is 23.4 Å². The van der Waals surface area contributed by atoms with Gasteiger partial charge >= 0.3 is 0 Å². The molecule has 0 spiro atoms. The lowest BCUT2D eigenvalue weighted by Gasteiger charge is -2.13. The Labute approximate surface area is 154 Å². The lowest BCUT2D eigenvalue weighted by atomic mass is 10.1. The van der Waals surface area contributed by atoms with Gasteiger partial charge in [0.2, 0.25) is 5.91 Å². The minimum Gasteiger partial charge on any atom is -0.310 e. The molecule has 4 rings (SSSR count). The molecule has 1 aliphatic rings. The van der Waals surface area contributed by atoms with Crippen molar-refractivity contribution in [2.45, 2.75) is 11.8 Å². The average molecular weight is 371 g/mol. The van der Waals surface area contributed by atoms with Crippen molar-refractivity contribution in [2.75, 3.05) is 11.1 Å². The Balaban J connectivity index is 1.71. The van der Waals surface area contributed by atoms with E-state index >= 15 is 0 Å². The van der Waals surface area contributed by atoms with Gasteiger partial charge in [0.25, 0.3) is 0 Å². The number of halogens is 1. The topological polar surface area (TPSA) is 59.8 Å². The van der Waals surface area contributed by atoms with E-state index in [4.69, 9.17) is 11.6 Å². The van der Waals surface area contributed by atoms with E-state index in [0.29, 0.717) is 17.3 Å². The number of aromatic nitrogens is 3. The van der Waals surface area contributed by atoms with Crippen LogP contribution in [0, 0.1) is 0 Å². The molecule has 25 heavy (non-hydrogen) atoms. The number of thioether (sulfide) groups is 1. The quantitative estimate of drug-likeness (QED) is 0.762. The fourth-order valence-electron chi connectivity index (χ4n) is 2.83. The average Bonchev–Trinajstić information content (AvgIpc) is 2.92. The lowest BCUT2D eigenvalue weighted by molar-refractivity contribution is -0.113. The van der Waals surface area contributed by atoms with Crippen molar-refractivity contribution in [3.63, 3.8) is 0 Å².